The lowest BCUT2D eigenvalue weighted by molar-refractivity contribution is 0.0784. The van der Waals surface area contributed by atoms with Crippen molar-refractivity contribution in [2.45, 2.75) is 57.7 Å². The standard InChI is InChI=1S/C25H31N5O/c1-28(16-19-8-2-3-9-20(19)17-29-12-6-7-13-29)25(31)21-14-23-24(26-15-21)30(18-27-23)22-10-4-5-11-22/h2-3,8-9,14-15,18,22H,4-7,10-13,16-17H2,1H3. The summed E-state index contributed by atoms with van der Waals surface area (Å²) in [6.07, 6.45) is 11.1. The average molecular weight is 418 g/mol. The van der Waals surface area contributed by atoms with Gasteiger partial charge in [-0.25, -0.2) is 9.97 Å². The van der Waals surface area contributed by atoms with Crippen molar-refractivity contribution >= 4 is 17.1 Å². The number of nitrogens with zero attached hydrogens (tertiary/aromatic N) is 5. The van der Waals surface area contributed by atoms with Crippen LogP contribution in [-0.4, -0.2) is 50.4 Å². The molecule has 6 heteroatoms. The first kappa shape index (κ1) is 20.2. The summed E-state index contributed by atoms with van der Waals surface area (Å²) in [5.74, 6) is -0.0132. The SMILES string of the molecule is CN(Cc1ccccc1CN1CCCC1)C(=O)c1cnc2c(c1)ncn2C1CCCC1. The second-order valence-electron chi connectivity index (χ2n) is 9.07. The zero-order valence-corrected chi connectivity index (χ0v) is 18.3. The van der Waals surface area contributed by atoms with Crippen LogP contribution in [0.1, 0.15) is 66.1 Å². The van der Waals surface area contributed by atoms with Gasteiger partial charge in [-0.15, -0.1) is 0 Å². The lowest BCUT2D eigenvalue weighted by Gasteiger charge is -2.22. The van der Waals surface area contributed by atoms with Crippen molar-refractivity contribution in [1.29, 1.82) is 0 Å². The van der Waals surface area contributed by atoms with Gasteiger partial charge in [0, 0.05) is 32.4 Å². The van der Waals surface area contributed by atoms with Crippen LogP contribution in [0.25, 0.3) is 11.2 Å². The number of carbonyl (C=O) groups is 1. The maximum atomic E-state index is 13.2. The molecule has 0 unspecified atom stereocenters. The van der Waals surface area contributed by atoms with Gasteiger partial charge in [0.25, 0.3) is 5.91 Å². The van der Waals surface area contributed by atoms with E-state index in [1.807, 2.05) is 19.4 Å². The van der Waals surface area contributed by atoms with Crippen LogP contribution in [0.5, 0.6) is 0 Å². The molecule has 2 aliphatic rings. The molecule has 0 spiro atoms. The molecule has 1 saturated heterocycles. The number of fused-ring (bicyclic) bond motifs is 1. The number of imidazole rings is 1. The molecule has 1 amide bonds. The van der Waals surface area contributed by atoms with Gasteiger partial charge in [-0.3, -0.25) is 9.69 Å². The molecule has 6 nitrogen and oxygen atoms in total. The van der Waals surface area contributed by atoms with E-state index in [1.165, 1.54) is 62.7 Å². The van der Waals surface area contributed by atoms with E-state index in [0.717, 1.165) is 17.7 Å². The Morgan fingerprint density at radius 2 is 1.81 bits per heavy atom. The molecule has 5 rings (SSSR count). The van der Waals surface area contributed by atoms with E-state index in [4.69, 9.17) is 0 Å². The summed E-state index contributed by atoms with van der Waals surface area (Å²) in [4.78, 5) is 26.6. The van der Waals surface area contributed by atoms with Crippen LogP contribution in [0.2, 0.25) is 0 Å². The molecule has 2 fully saturated rings. The summed E-state index contributed by atoms with van der Waals surface area (Å²) < 4.78 is 2.19. The first-order valence-corrected chi connectivity index (χ1v) is 11.6. The quantitative estimate of drug-likeness (QED) is 0.596. The fourth-order valence-electron chi connectivity index (χ4n) is 5.08. The lowest BCUT2D eigenvalue weighted by atomic mass is 10.1. The molecule has 162 valence electrons. The zero-order valence-electron chi connectivity index (χ0n) is 18.3. The third-order valence-electron chi connectivity index (χ3n) is 6.84. The van der Waals surface area contributed by atoms with E-state index < -0.39 is 0 Å². The molecule has 1 aromatic carbocycles. The summed E-state index contributed by atoms with van der Waals surface area (Å²) in [5, 5.41) is 0. The molecular weight excluding hydrogens is 386 g/mol. The Labute approximate surface area is 183 Å². The second-order valence-corrected chi connectivity index (χ2v) is 9.07. The number of aromatic nitrogens is 3. The third-order valence-corrected chi connectivity index (χ3v) is 6.84. The van der Waals surface area contributed by atoms with Crippen LogP contribution >= 0.6 is 0 Å². The van der Waals surface area contributed by atoms with Gasteiger partial charge in [0.2, 0.25) is 0 Å². The Morgan fingerprint density at radius 3 is 2.58 bits per heavy atom. The minimum Gasteiger partial charge on any atom is -0.337 e. The number of benzene rings is 1. The predicted octanol–water partition coefficient (Wildman–Crippen LogP) is 4.41. The Hall–Kier alpha value is -2.73. The Morgan fingerprint density at radius 1 is 1.06 bits per heavy atom. The highest BCUT2D eigenvalue weighted by Crippen LogP contribution is 2.31. The molecule has 3 aromatic rings. The van der Waals surface area contributed by atoms with Crippen LogP contribution in [0.4, 0.5) is 0 Å². The Bertz CT molecular complexity index is 1060. The van der Waals surface area contributed by atoms with Gasteiger partial charge < -0.3 is 9.47 Å². The highest BCUT2D eigenvalue weighted by Gasteiger charge is 2.21. The predicted molar refractivity (Wildman–Crippen MR) is 122 cm³/mol. The summed E-state index contributed by atoms with van der Waals surface area (Å²) in [7, 11) is 1.87. The number of rotatable bonds is 6. The Balaban J connectivity index is 1.31. The zero-order chi connectivity index (χ0) is 21.2. The highest BCUT2D eigenvalue weighted by molar-refractivity contribution is 5.96. The van der Waals surface area contributed by atoms with Crippen molar-refractivity contribution in [3.8, 4) is 0 Å². The van der Waals surface area contributed by atoms with Crippen molar-refractivity contribution in [2.75, 3.05) is 20.1 Å². The van der Waals surface area contributed by atoms with Crippen LogP contribution in [-0.2, 0) is 13.1 Å². The normalized spacial score (nSPS) is 17.6. The van der Waals surface area contributed by atoms with E-state index in [9.17, 15) is 4.79 Å². The van der Waals surface area contributed by atoms with Gasteiger partial charge in [-0.2, -0.15) is 0 Å². The maximum absolute atomic E-state index is 13.2. The largest absolute Gasteiger partial charge is 0.337 e. The lowest BCUT2D eigenvalue weighted by Crippen LogP contribution is -2.27. The minimum atomic E-state index is -0.0132. The van der Waals surface area contributed by atoms with Gasteiger partial charge in [0.1, 0.15) is 5.52 Å². The number of carbonyl (C=O) groups excluding carboxylic acids is 1. The van der Waals surface area contributed by atoms with Crippen LogP contribution < -0.4 is 0 Å². The molecular formula is C25H31N5O. The van der Waals surface area contributed by atoms with E-state index in [1.54, 1.807) is 11.1 Å². The fraction of sp³-hybridized carbons (Fsp3) is 0.480. The number of likely N-dealkylation sites (tertiary alicyclic amines) is 1. The van der Waals surface area contributed by atoms with Gasteiger partial charge >= 0.3 is 0 Å². The Kier molecular flexibility index (Phi) is 5.72. The highest BCUT2D eigenvalue weighted by atomic mass is 16.2. The maximum Gasteiger partial charge on any atom is 0.255 e. The van der Waals surface area contributed by atoms with Crippen molar-refractivity contribution < 1.29 is 4.79 Å². The summed E-state index contributed by atoms with van der Waals surface area (Å²) in [6.45, 7) is 3.90. The van der Waals surface area contributed by atoms with Gasteiger partial charge in [-0.05, 0) is 56.0 Å². The molecule has 0 bridgehead atoms. The summed E-state index contributed by atoms with van der Waals surface area (Å²) in [5.41, 5.74) is 4.82. The van der Waals surface area contributed by atoms with E-state index in [-0.39, 0.29) is 5.91 Å². The molecule has 2 aromatic heterocycles. The molecule has 3 heterocycles. The molecule has 0 radical (unpaired) electrons. The van der Waals surface area contributed by atoms with Gasteiger partial charge in [0.05, 0.1) is 11.9 Å². The van der Waals surface area contributed by atoms with Crippen LogP contribution in [0, 0.1) is 0 Å². The van der Waals surface area contributed by atoms with Crippen molar-refractivity contribution in [2.24, 2.45) is 0 Å². The first-order chi connectivity index (χ1) is 15.2. The van der Waals surface area contributed by atoms with Crippen molar-refractivity contribution in [3.63, 3.8) is 0 Å². The van der Waals surface area contributed by atoms with Crippen molar-refractivity contribution in [3.05, 3.63) is 59.5 Å². The second kappa shape index (κ2) is 8.79. The average Bonchev–Trinajstić information content (AvgIpc) is 3.55. The van der Waals surface area contributed by atoms with Crippen molar-refractivity contribution in [1.82, 2.24) is 24.3 Å². The fourth-order valence-corrected chi connectivity index (χ4v) is 5.08. The topological polar surface area (TPSA) is 54.3 Å². The molecule has 1 aliphatic carbocycles. The van der Waals surface area contributed by atoms with E-state index in [0.29, 0.717) is 18.2 Å². The molecule has 1 saturated carbocycles. The smallest absolute Gasteiger partial charge is 0.255 e. The van der Waals surface area contributed by atoms with Crippen LogP contribution in [0.15, 0.2) is 42.9 Å². The molecule has 0 N–H and O–H groups in total. The number of hydrogen-bond donors (Lipinski definition) is 0. The van der Waals surface area contributed by atoms with E-state index >= 15 is 0 Å². The number of hydrogen-bond acceptors (Lipinski definition) is 4. The van der Waals surface area contributed by atoms with Gasteiger partial charge in [0.15, 0.2) is 5.65 Å². The summed E-state index contributed by atoms with van der Waals surface area (Å²) in [6, 6.07) is 10.9. The summed E-state index contributed by atoms with van der Waals surface area (Å²) >= 11 is 0. The monoisotopic (exact) mass is 417 g/mol. The first-order valence-electron chi connectivity index (χ1n) is 11.6. The third kappa shape index (κ3) is 4.22. The molecule has 1 aliphatic heterocycles. The number of amides is 1. The molecule has 31 heavy (non-hydrogen) atoms. The van der Waals surface area contributed by atoms with Crippen LogP contribution in [0.3, 0.4) is 0 Å². The minimum absolute atomic E-state index is 0.0132. The number of pyridine rings is 1. The van der Waals surface area contributed by atoms with E-state index in [2.05, 4.69) is 43.7 Å². The van der Waals surface area contributed by atoms with Gasteiger partial charge in [-0.1, -0.05) is 37.1 Å². The molecule has 0 atom stereocenters.